The van der Waals surface area contributed by atoms with Crippen LogP contribution in [0.3, 0.4) is 0 Å². The fourth-order valence-corrected chi connectivity index (χ4v) is 4.10. The molecule has 1 fully saturated rings. The fraction of sp³-hybridized carbons (Fsp3) is 0.440. The Morgan fingerprint density at radius 1 is 1.00 bits per heavy atom. The van der Waals surface area contributed by atoms with Gasteiger partial charge in [-0.05, 0) is 82.7 Å². The van der Waals surface area contributed by atoms with Gasteiger partial charge in [0.2, 0.25) is 0 Å². The van der Waals surface area contributed by atoms with Crippen molar-refractivity contribution in [3.05, 3.63) is 77.4 Å². The van der Waals surface area contributed by atoms with Crippen molar-refractivity contribution in [2.75, 3.05) is 24.5 Å². The van der Waals surface area contributed by atoms with Crippen molar-refractivity contribution in [3.8, 4) is 0 Å². The van der Waals surface area contributed by atoms with E-state index in [0.717, 1.165) is 45.3 Å². The van der Waals surface area contributed by atoms with Crippen LogP contribution in [0.4, 0.5) is 5.69 Å². The van der Waals surface area contributed by atoms with E-state index in [9.17, 15) is 5.02 Å². The van der Waals surface area contributed by atoms with Gasteiger partial charge in [-0.3, -0.25) is 0 Å². The third kappa shape index (κ3) is 6.48. The summed E-state index contributed by atoms with van der Waals surface area (Å²) in [6.45, 7) is 9.08. The summed E-state index contributed by atoms with van der Waals surface area (Å²) in [7, 11) is -0.342. The van der Waals surface area contributed by atoms with E-state index in [4.69, 9.17) is 0 Å². The van der Waals surface area contributed by atoms with Crippen molar-refractivity contribution < 1.29 is 5.02 Å². The second-order valence-corrected chi connectivity index (χ2v) is 8.48. The summed E-state index contributed by atoms with van der Waals surface area (Å²) < 4.78 is 0. The number of nitrogens with zero attached hydrogens (tertiary/aromatic N) is 2. The first kappa shape index (κ1) is 21.7. The molecule has 0 unspecified atom stereocenters. The fourth-order valence-electron chi connectivity index (χ4n) is 4.10. The van der Waals surface area contributed by atoms with Crippen molar-refractivity contribution in [1.29, 1.82) is 0 Å². The second-order valence-electron chi connectivity index (χ2n) is 8.48. The zero-order chi connectivity index (χ0) is 20.6. The summed E-state index contributed by atoms with van der Waals surface area (Å²) in [6.07, 6.45) is 6.67. The third-order valence-corrected chi connectivity index (χ3v) is 5.98. The molecule has 0 bridgehead atoms. The number of hydrogen-bond donors (Lipinski definition) is 1. The molecule has 0 saturated carbocycles. The predicted octanol–water partition coefficient (Wildman–Crippen LogP) is 4.82. The molecular weight excluding hydrogens is 355 g/mol. The molecule has 1 saturated heterocycles. The third-order valence-electron chi connectivity index (χ3n) is 5.98. The quantitative estimate of drug-likeness (QED) is 0.517. The van der Waals surface area contributed by atoms with E-state index in [-0.39, 0.29) is 7.05 Å². The molecule has 1 aliphatic rings. The average Bonchev–Trinajstić information content (AvgIpc) is 2.74. The minimum absolute atomic E-state index is 0.342. The van der Waals surface area contributed by atoms with E-state index in [1.54, 1.807) is 0 Å². The van der Waals surface area contributed by atoms with E-state index in [0.29, 0.717) is 6.04 Å². The molecule has 0 atom stereocenters. The number of piperidine rings is 1. The Morgan fingerprint density at radius 3 is 2.14 bits per heavy atom. The molecule has 0 spiro atoms. The van der Waals surface area contributed by atoms with Crippen molar-refractivity contribution in [2.24, 2.45) is 0 Å². The van der Waals surface area contributed by atoms with E-state index >= 15 is 0 Å². The topological polar surface area (TPSA) is 26.7 Å². The lowest BCUT2D eigenvalue weighted by Crippen LogP contribution is -2.49. The second kappa shape index (κ2) is 10.7. The number of rotatable bonds is 8. The number of hydrogen-bond acceptors (Lipinski definition) is 3. The first-order valence-electron chi connectivity index (χ1n) is 11.0. The summed E-state index contributed by atoms with van der Waals surface area (Å²) in [6, 6.07) is 20.4. The van der Waals surface area contributed by atoms with Crippen LogP contribution < -0.4 is 4.90 Å². The summed E-state index contributed by atoms with van der Waals surface area (Å²) in [5, 5.41) is 9.86. The smallest absolute Gasteiger partial charge is 0.376 e. The Hall–Kier alpha value is -2.04. The van der Waals surface area contributed by atoms with Gasteiger partial charge in [0.05, 0.1) is 0 Å². The maximum atomic E-state index is 9.86. The van der Waals surface area contributed by atoms with Crippen LogP contribution in [0.15, 0.2) is 66.2 Å². The molecule has 4 heteroatoms. The summed E-state index contributed by atoms with van der Waals surface area (Å²) >= 11 is 0. The van der Waals surface area contributed by atoms with Gasteiger partial charge in [-0.15, -0.1) is 0 Å². The van der Waals surface area contributed by atoms with Gasteiger partial charge in [-0.25, -0.2) is 0 Å². The van der Waals surface area contributed by atoms with E-state index < -0.39 is 0 Å². The predicted molar refractivity (Wildman–Crippen MR) is 126 cm³/mol. The minimum atomic E-state index is -0.342. The van der Waals surface area contributed by atoms with Gasteiger partial charge in [0.25, 0.3) is 0 Å². The van der Waals surface area contributed by atoms with Crippen LogP contribution in [0.25, 0.3) is 0 Å². The number of benzene rings is 2. The van der Waals surface area contributed by atoms with Gasteiger partial charge in [-0.2, -0.15) is 0 Å². The molecule has 3 rings (SSSR count). The molecule has 3 nitrogen and oxygen atoms in total. The normalized spacial score (nSPS) is 15.2. The molecule has 1 aliphatic heterocycles. The van der Waals surface area contributed by atoms with Crippen LogP contribution >= 0.6 is 0 Å². The Labute approximate surface area is 177 Å². The standard InChI is InChI=1S/C25H35BN2O/c1-21(2)15-20-28(25-16-18-27(19-17-25)26(3)29)24-13-11-23(12-14-24)10-9-22-7-5-4-6-8-22/h4-8,11-15,25,29H,9-10,16-20H2,1-3H3. The molecule has 0 amide bonds. The Balaban J connectivity index is 1.66. The summed E-state index contributed by atoms with van der Waals surface area (Å²) in [5.74, 6) is 0. The van der Waals surface area contributed by atoms with E-state index in [1.165, 1.54) is 22.4 Å². The van der Waals surface area contributed by atoms with Crippen molar-refractivity contribution in [2.45, 2.75) is 52.4 Å². The van der Waals surface area contributed by atoms with Crippen molar-refractivity contribution in [1.82, 2.24) is 4.81 Å². The van der Waals surface area contributed by atoms with Gasteiger partial charge < -0.3 is 14.7 Å². The maximum absolute atomic E-state index is 9.86. The highest BCUT2D eigenvalue weighted by Gasteiger charge is 2.27. The largest absolute Gasteiger partial charge is 0.437 e. The molecule has 2 aromatic carbocycles. The summed E-state index contributed by atoms with van der Waals surface area (Å²) in [5.41, 5.74) is 5.45. The molecule has 0 aromatic heterocycles. The Bertz CT molecular complexity index is 761. The average molecular weight is 390 g/mol. The molecule has 0 radical (unpaired) electrons. The molecule has 0 aliphatic carbocycles. The van der Waals surface area contributed by atoms with Crippen LogP contribution in [0.1, 0.15) is 37.8 Å². The molecule has 1 N–H and O–H groups in total. The van der Waals surface area contributed by atoms with E-state index in [1.807, 2.05) is 6.82 Å². The highest BCUT2D eigenvalue weighted by Crippen LogP contribution is 2.25. The molecule has 1 heterocycles. The van der Waals surface area contributed by atoms with Crippen LogP contribution in [-0.2, 0) is 12.8 Å². The number of anilines is 1. The van der Waals surface area contributed by atoms with Gasteiger partial charge in [0.1, 0.15) is 0 Å². The van der Waals surface area contributed by atoms with Crippen LogP contribution in [-0.4, -0.2) is 42.6 Å². The Morgan fingerprint density at radius 2 is 1.59 bits per heavy atom. The van der Waals surface area contributed by atoms with Crippen molar-refractivity contribution >= 4 is 12.7 Å². The first-order chi connectivity index (χ1) is 14.0. The Kier molecular flexibility index (Phi) is 7.96. The monoisotopic (exact) mass is 390 g/mol. The van der Waals surface area contributed by atoms with Gasteiger partial charge in [0.15, 0.2) is 0 Å². The molecule has 154 valence electrons. The lowest BCUT2D eigenvalue weighted by atomic mass is 9.82. The molecular formula is C25H35BN2O. The van der Waals surface area contributed by atoms with Crippen LogP contribution in [0.2, 0.25) is 6.82 Å². The lowest BCUT2D eigenvalue weighted by molar-refractivity contribution is 0.284. The van der Waals surface area contributed by atoms with Gasteiger partial charge >= 0.3 is 7.05 Å². The van der Waals surface area contributed by atoms with Gasteiger partial charge in [-0.1, -0.05) is 54.1 Å². The highest BCUT2D eigenvalue weighted by molar-refractivity contribution is 6.45. The van der Waals surface area contributed by atoms with Crippen molar-refractivity contribution in [3.63, 3.8) is 0 Å². The number of aryl methyl sites for hydroxylation is 2. The number of allylic oxidation sites excluding steroid dienone is 1. The maximum Gasteiger partial charge on any atom is 0.376 e. The molecule has 29 heavy (non-hydrogen) atoms. The van der Waals surface area contributed by atoms with Crippen LogP contribution in [0.5, 0.6) is 0 Å². The zero-order valence-corrected chi connectivity index (χ0v) is 18.2. The minimum Gasteiger partial charge on any atom is -0.437 e. The van der Waals surface area contributed by atoms with Gasteiger partial charge in [0, 0.05) is 18.3 Å². The summed E-state index contributed by atoms with van der Waals surface area (Å²) in [4.78, 5) is 4.72. The van der Waals surface area contributed by atoms with E-state index in [2.05, 4.69) is 84.2 Å². The highest BCUT2D eigenvalue weighted by atomic mass is 16.2. The first-order valence-corrected chi connectivity index (χ1v) is 11.0. The lowest BCUT2D eigenvalue weighted by Gasteiger charge is -2.40. The SMILES string of the molecule is CB(O)N1CCC(N(CC=C(C)C)c2ccc(CCc3ccccc3)cc2)CC1. The van der Waals surface area contributed by atoms with Crippen LogP contribution in [0, 0.1) is 0 Å². The molecule has 2 aromatic rings. The zero-order valence-electron chi connectivity index (χ0n) is 18.2.